The summed E-state index contributed by atoms with van der Waals surface area (Å²) in [6, 6.07) is 11.4. The minimum atomic E-state index is 0.766. The van der Waals surface area contributed by atoms with Crippen LogP contribution in [-0.4, -0.2) is 15.0 Å². The number of pyridine rings is 2. The molecule has 19 heavy (non-hydrogen) atoms. The highest BCUT2D eigenvalue weighted by molar-refractivity contribution is 7.14. The van der Waals surface area contributed by atoms with E-state index in [-0.39, 0.29) is 0 Å². The quantitative estimate of drug-likeness (QED) is 0.760. The normalized spacial score (nSPS) is 10.1. The Kier molecular flexibility index (Phi) is 3.33. The molecular weight excluding hydrogens is 258 g/mol. The van der Waals surface area contributed by atoms with E-state index in [9.17, 15) is 0 Å². The zero-order valence-corrected chi connectivity index (χ0v) is 10.8. The highest BCUT2D eigenvalue weighted by Crippen LogP contribution is 2.23. The predicted molar refractivity (Wildman–Crippen MR) is 77.2 cm³/mol. The molecule has 0 spiro atoms. The molecule has 5 nitrogen and oxygen atoms in total. The van der Waals surface area contributed by atoms with Crippen molar-refractivity contribution < 1.29 is 0 Å². The summed E-state index contributed by atoms with van der Waals surface area (Å²) in [6.45, 7) is 0. The molecule has 0 aromatic carbocycles. The SMILES string of the molecule is c1ccc(Nc2csc(Nc3ccccn3)n2)nc1. The van der Waals surface area contributed by atoms with Gasteiger partial charge in [0, 0.05) is 17.8 Å². The molecule has 3 rings (SSSR count). The van der Waals surface area contributed by atoms with Crippen LogP contribution in [0.3, 0.4) is 0 Å². The highest BCUT2D eigenvalue weighted by atomic mass is 32.1. The molecule has 94 valence electrons. The smallest absolute Gasteiger partial charge is 0.190 e. The summed E-state index contributed by atoms with van der Waals surface area (Å²) in [4.78, 5) is 12.8. The lowest BCUT2D eigenvalue weighted by Gasteiger charge is -2.01. The average molecular weight is 269 g/mol. The maximum Gasteiger partial charge on any atom is 0.190 e. The number of aromatic nitrogens is 3. The van der Waals surface area contributed by atoms with Crippen LogP contribution in [0, 0.1) is 0 Å². The molecule has 0 atom stereocenters. The van der Waals surface area contributed by atoms with Gasteiger partial charge in [0.15, 0.2) is 5.13 Å². The second kappa shape index (κ2) is 5.45. The Hall–Kier alpha value is -2.47. The molecule has 0 bridgehead atoms. The second-order valence-corrected chi connectivity index (χ2v) is 4.58. The lowest BCUT2D eigenvalue weighted by molar-refractivity contribution is 1.26. The molecule has 6 heteroatoms. The fraction of sp³-hybridized carbons (Fsp3) is 0. The fourth-order valence-electron chi connectivity index (χ4n) is 1.50. The largest absolute Gasteiger partial charge is 0.324 e. The monoisotopic (exact) mass is 269 g/mol. The summed E-state index contributed by atoms with van der Waals surface area (Å²) < 4.78 is 0. The molecule has 0 unspecified atom stereocenters. The van der Waals surface area contributed by atoms with Crippen LogP contribution in [0.5, 0.6) is 0 Å². The van der Waals surface area contributed by atoms with Crippen LogP contribution < -0.4 is 10.6 Å². The molecule has 0 amide bonds. The minimum Gasteiger partial charge on any atom is -0.324 e. The third-order valence-corrected chi connectivity index (χ3v) is 3.08. The second-order valence-electron chi connectivity index (χ2n) is 3.72. The van der Waals surface area contributed by atoms with E-state index in [1.807, 2.05) is 41.8 Å². The van der Waals surface area contributed by atoms with Gasteiger partial charge in [0.05, 0.1) is 0 Å². The van der Waals surface area contributed by atoms with E-state index in [0.717, 1.165) is 22.6 Å². The molecule has 0 saturated carbocycles. The number of anilines is 4. The first-order chi connectivity index (χ1) is 9.40. The minimum absolute atomic E-state index is 0.766. The maximum atomic E-state index is 4.42. The van der Waals surface area contributed by atoms with E-state index in [1.165, 1.54) is 11.3 Å². The average Bonchev–Trinajstić information content (AvgIpc) is 2.88. The molecule has 3 aromatic heterocycles. The fourth-order valence-corrected chi connectivity index (χ4v) is 2.15. The molecule has 0 radical (unpaired) electrons. The van der Waals surface area contributed by atoms with Gasteiger partial charge in [-0.2, -0.15) is 0 Å². The van der Waals surface area contributed by atoms with Gasteiger partial charge in [0.25, 0.3) is 0 Å². The van der Waals surface area contributed by atoms with Crippen molar-refractivity contribution in [2.75, 3.05) is 10.6 Å². The van der Waals surface area contributed by atoms with E-state index in [1.54, 1.807) is 12.4 Å². The molecule has 0 aliphatic heterocycles. The summed E-state index contributed by atoms with van der Waals surface area (Å²) in [7, 11) is 0. The highest BCUT2D eigenvalue weighted by Gasteiger charge is 2.03. The molecule has 3 aromatic rings. The summed E-state index contributed by atoms with van der Waals surface area (Å²) in [5.41, 5.74) is 0. The topological polar surface area (TPSA) is 62.7 Å². The Morgan fingerprint density at radius 3 is 2.11 bits per heavy atom. The van der Waals surface area contributed by atoms with Crippen molar-refractivity contribution in [1.82, 2.24) is 15.0 Å². The number of nitrogens with one attached hydrogen (secondary N) is 2. The van der Waals surface area contributed by atoms with Crippen molar-refractivity contribution in [2.45, 2.75) is 0 Å². The van der Waals surface area contributed by atoms with Crippen LogP contribution in [0.2, 0.25) is 0 Å². The molecule has 3 heterocycles. The zero-order valence-electron chi connectivity index (χ0n) is 9.95. The van der Waals surface area contributed by atoms with Gasteiger partial charge < -0.3 is 10.6 Å². The molecule has 0 aliphatic rings. The molecular formula is C13H11N5S. The Balaban J connectivity index is 1.70. The van der Waals surface area contributed by atoms with Gasteiger partial charge in [0.1, 0.15) is 17.5 Å². The van der Waals surface area contributed by atoms with Crippen LogP contribution >= 0.6 is 11.3 Å². The van der Waals surface area contributed by atoms with E-state index < -0.39 is 0 Å². The van der Waals surface area contributed by atoms with E-state index in [4.69, 9.17) is 0 Å². The van der Waals surface area contributed by atoms with Gasteiger partial charge in [-0.3, -0.25) is 0 Å². The number of hydrogen-bond acceptors (Lipinski definition) is 6. The van der Waals surface area contributed by atoms with Crippen molar-refractivity contribution in [3.8, 4) is 0 Å². The molecule has 0 saturated heterocycles. The van der Waals surface area contributed by atoms with Crippen molar-refractivity contribution in [1.29, 1.82) is 0 Å². The third-order valence-electron chi connectivity index (χ3n) is 2.33. The van der Waals surface area contributed by atoms with E-state index in [0.29, 0.717) is 0 Å². The van der Waals surface area contributed by atoms with Crippen molar-refractivity contribution in [3.05, 3.63) is 54.2 Å². The van der Waals surface area contributed by atoms with Gasteiger partial charge in [-0.15, -0.1) is 11.3 Å². The van der Waals surface area contributed by atoms with Crippen LogP contribution in [0.25, 0.3) is 0 Å². The van der Waals surface area contributed by atoms with Crippen molar-refractivity contribution in [2.24, 2.45) is 0 Å². The molecule has 0 aliphatic carbocycles. The summed E-state index contributed by atoms with van der Waals surface area (Å²) in [5, 5.41) is 9.00. The Bertz CT molecular complexity index is 582. The zero-order chi connectivity index (χ0) is 12.9. The van der Waals surface area contributed by atoms with E-state index in [2.05, 4.69) is 25.6 Å². The first-order valence-electron chi connectivity index (χ1n) is 5.72. The molecule has 2 N–H and O–H groups in total. The number of rotatable bonds is 4. The van der Waals surface area contributed by atoms with E-state index >= 15 is 0 Å². The lowest BCUT2D eigenvalue weighted by Crippen LogP contribution is -1.94. The molecule has 0 fully saturated rings. The van der Waals surface area contributed by atoms with Gasteiger partial charge in [-0.1, -0.05) is 12.1 Å². The van der Waals surface area contributed by atoms with Gasteiger partial charge in [0.2, 0.25) is 0 Å². The predicted octanol–water partition coefficient (Wildman–Crippen LogP) is 3.42. The Labute approximate surface area is 114 Å². The van der Waals surface area contributed by atoms with Crippen molar-refractivity contribution >= 4 is 33.9 Å². The Morgan fingerprint density at radius 1 is 0.789 bits per heavy atom. The summed E-state index contributed by atoms with van der Waals surface area (Å²) in [6.07, 6.45) is 3.48. The van der Waals surface area contributed by atoms with Crippen LogP contribution in [-0.2, 0) is 0 Å². The van der Waals surface area contributed by atoms with Crippen LogP contribution in [0.1, 0.15) is 0 Å². The number of hydrogen-bond donors (Lipinski definition) is 2. The summed E-state index contributed by atoms with van der Waals surface area (Å²) in [5.74, 6) is 2.32. The standard InChI is InChI=1S/C13H11N5S/c1-3-7-14-10(5-1)16-12-9-19-13(18-12)17-11-6-2-4-8-15-11/h1-9H,(H,14,16)(H,15,17,18). The van der Waals surface area contributed by atoms with Gasteiger partial charge >= 0.3 is 0 Å². The lowest BCUT2D eigenvalue weighted by atomic mass is 10.4. The first kappa shape index (κ1) is 11.6. The first-order valence-corrected chi connectivity index (χ1v) is 6.60. The number of nitrogens with zero attached hydrogens (tertiary/aromatic N) is 3. The van der Waals surface area contributed by atoms with Crippen LogP contribution in [0.4, 0.5) is 22.6 Å². The van der Waals surface area contributed by atoms with Crippen LogP contribution in [0.15, 0.2) is 54.2 Å². The van der Waals surface area contributed by atoms with Gasteiger partial charge in [-0.05, 0) is 24.3 Å². The van der Waals surface area contributed by atoms with Gasteiger partial charge in [-0.25, -0.2) is 15.0 Å². The number of thiazole rings is 1. The Morgan fingerprint density at radius 2 is 1.47 bits per heavy atom. The third kappa shape index (κ3) is 3.05. The summed E-state index contributed by atoms with van der Waals surface area (Å²) >= 11 is 1.51. The maximum absolute atomic E-state index is 4.42. The van der Waals surface area contributed by atoms with Crippen molar-refractivity contribution in [3.63, 3.8) is 0 Å².